The molecule has 2 aromatic rings. The van der Waals surface area contributed by atoms with Gasteiger partial charge >= 0.3 is 0 Å². The zero-order valence-corrected chi connectivity index (χ0v) is 10.4. The van der Waals surface area contributed by atoms with E-state index in [0.717, 1.165) is 22.7 Å². The van der Waals surface area contributed by atoms with Gasteiger partial charge in [0.25, 0.3) is 0 Å². The van der Waals surface area contributed by atoms with E-state index < -0.39 is 0 Å². The number of rotatable bonds is 3. The van der Waals surface area contributed by atoms with Crippen LogP contribution in [-0.4, -0.2) is 23.4 Å². The summed E-state index contributed by atoms with van der Waals surface area (Å²) in [6.07, 6.45) is 1.99. The zero-order valence-electron chi connectivity index (χ0n) is 9.64. The van der Waals surface area contributed by atoms with Gasteiger partial charge in [0.1, 0.15) is 12.3 Å². The summed E-state index contributed by atoms with van der Waals surface area (Å²) in [5.41, 5.74) is 9.23. The molecule has 0 radical (unpaired) electrons. The number of hydrogen-bond donors (Lipinski definition) is 1. The molecule has 92 valence electrons. The van der Waals surface area contributed by atoms with Gasteiger partial charge in [0.15, 0.2) is 0 Å². The van der Waals surface area contributed by atoms with E-state index in [-0.39, 0.29) is 0 Å². The maximum Gasteiger partial charge on any atom is 0.136 e. The molecule has 0 unspecified atom stereocenters. The lowest BCUT2D eigenvalue weighted by Gasteiger charge is -2.01. The normalized spacial score (nSPS) is 14.7. The first kappa shape index (κ1) is 11.3. The van der Waals surface area contributed by atoms with Crippen molar-refractivity contribution >= 4 is 17.3 Å². The first-order chi connectivity index (χ1) is 8.81. The molecule has 3 rings (SSSR count). The van der Waals surface area contributed by atoms with Gasteiger partial charge in [-0.05, 0) is 30.3 Å². The molecule has 1 aromatic carbocycles. The molecule has 0 amide bonds. The summed E-state index contributed by atoms with van der Waals surface area (Å²) in [4.78, 5) is 5.20. The Morgan fingerprint density at radius 3 is 3.06 bits per heavy atom. The molecule has 0 aliphatic carbocycles. The summed E-state index contributed by atoms with van der Waals surface area (Å²) >= 11 is 6.03. The van der Waals surface area contributed by atoms with Crippen molar-refractivity contribution in [2.75, 3.05) is 13.2 Å². The van der Waals surface area contributed by atoms with Gasteiger partial charge in [-0.3, -0.25) is 0 Å². The molecular weight excluding hydrogens is 250 g/mol. The second kappa shape index (κ2) is 4.48. The van der Waals surface area contributed by atoms with Crippen molar-refractivity contribution in [2.24, 2.45) is 10.9 Å². The second-order valence-corrected chi connectivity index (χ2v) is 4.42. The topological polar surface area (TPSA) is 52.5 Å². The van der Waals surface area contributed by atoms with Crippen molar-refractivity contribution < 1.29 is 4.84 Å². The van der Waals surface area contributed by atoms with E-state index >= 15 is 0 Å². The molecule has 0 bridgehead atoms. The molecule has 0 saturated heterocycles. The van der Waals surface area contributed by atoms with Gasteiger partial charge < -0.3 is 15.1 Å². The molecule has 0 spiro atoms. The van der Waals surface area contributed by atoms with E-state index in [1.807, 2.05) is 36.5 Å². The fraction of sp³-hybridized carbons (Fsp3) is 0.154. The average molecular weight is 262 g/mol. The van der Waals surface area contributed by atoms with E-state index in [0.29, 0.717) is 18.2 Å². The molecule has 5 heteroatoms. The monoisotopic (exact) mass is 261 g/mol. The Morgan fingerprint density at radius 2 is 2.22 bits per heavy atom. The molecule has 1 aliphatic heterocycles. The first-order valence-corrected chi connectivity index (χ1v) is 6.07. The molecule has 2 N–H and O–H groups in total. The summed E-state index contributed by atoms with van der Waals surface area (Å²) in [5.74, 6) is 0. The highest BCUT2D eigenvalue weighted by atomic mass is 35.5. The van der Waals surface area contributed by atoms with Gasteiger partial charge in [-0.15, -0.1) is 0 Å². The van der Waals surface area contributed by atoms with Gasteiger partial charge in [-0.1, -0.05) is 16.8 Å². The van der Waals surface area contributed by atoms with Crippen LogP contribution in [0.5, 0.6) is 0 Å². The number of fused-ring (bicyclic) bond motifs is 3. The van der Waals surface area contributed by atoms with Crippen LogP contribution in [0.2, 0.25) is 5.02 Å². The van der Waals surface area contributed by atoms with Crippen LogP contribution in [0.25, 0.3) is 5.69 Å². The van der Waals surface area contributed by atoms with Crippen LogP contribution >= 0.6 is 11.6 Å². The van der Waals surface area contributed by atoms with E-state index in [1.54, 1.807) is 0 Å². The predicted octanol–water partition coefficient (Wildman–Crippen LogP) is 2.17. The van der Waals surface area contributed by atoms with Gasteiger partial charge in [-0.25, -0.2) is 0 Å². The summed E-state index contributed by atoms with van der Waals surface area (Å²) in [6.45, 7) is 0.848. The van der Waals surface area contributed by atoms with Crippen molar-refractivity contribution in [3.05, 3.63) is 52.8 Å². The predicted molar refractivity (Wildman–Crippen MR) is 71.4 cm³/mol. The number of halogens is 1. The molecule has 2 heterocycles. The summed E-state index contributed by atoms with van der Waals surface area (Å²) < 4.78 is 2.07. The van der Waals surface area contributed by atoms with Gasteiger partial charge in [-0.2, -0.15) is 0 Å². The van der Waals surface area contributed by atoms with Crippen molar-refractivity contribution in [3.63, 3.8) is 0 Å². The van der Waals surface area contributed by atoms with Crippen LogP contribution in [0.1, 0.15) is 11.3 Å². The molecule has 0 fully saturated rings. The molecule has 0 atom stereocenters. The number of hydrogen-bond acceptors (Lipinski definition) is 3. The van der Waals surface area contributed by atoms with Gasteiger partial charge in [0, 0.05) is 23.3 Å². The number of benzene rings is 1. The molecule has 18 heavy (non-hydrogen) atoms. The quantitative estimate of drug-likeness (QED) is 0.580. The standard InChI is InChI=1S/C13H12ClN3O/c14-9-3-4-11-10(8-9)13(16-18-7-5-15)12-2-1-6-17(11)12/h1-4,6,8H,5,7,15H2. The van der Waals surface area contributed by atoms with Gasteiger partial charge in [0.2, 0.25) is 0 Å². The van der Waals surface area contributed by atoms with Crippen LogP contribution in [0.4, 0.5) is 0 Å². The number of oxime groups is 1. The van der Waals surface area contributed by atoms with E-state index in [1.165, 1.54) is 0 Å². The fourth-order valence-corrected chi connectivity index (χ4v) is 2.26. The summed E-state index contributed by atoms with van der Waals surface area (Å²) in [7, 11) is 0. The Morgan fingerprint density at radius 1 is 1.33 bits per heavy atom. The highest BCUT2D eigenvalue weighted by Crippen LogP contribution is 2.30. The third-order valence-electron chi connectivity index (χ3n) is 2.83. The Labute approximate surface area is 110 Å². The first-order valence-electron chi connectivity index (χ1n) is 5.69. The largest absolute Gasteiger partial charge is 0.394 e. The highest BCUT2D eigenvalue weighted by Gasteiger charge is 2.25. The zero-order chi connectivity index (χ0) is 12.5. The molecule has 0 saturated carbocycles. The maximum absolute atomic E-state index is 6.03. The minimum absolute atomic E-state index is 0.403. The smallest absolute Gasteiger partial charge is 0.136 e. The lowest BCUT2D eigenvalue weighted by atomic mass is 10.1. The number of nitrogens with two attached hydrogens (primary N) is 1. The summed E-state index contributed by atoms with van der Waals surface area (Å²) in [6, 6.07) is 9.72. The van der Waals surface area contributed by atoms with E-state index in [2.05, 4.69) is 9.72 Å². The average Bonchev–Trinajstić information content (AvgIpc) is 2.92. The maximum atomic E-state index is 6.03. The van der Waals surface area contributed by atoms with E-state index in [9.17, 15) is 0 Å². The Hall–Kier alpha value is -1.78. The number of aromatic nitrogens is 1. The Kier molecular flexibility index (Phi) is 2.81. The third-order valence-corrected chi connectivity index (χ3v) is 3.06. The van der Waals surface area contributed by atoms with Crippen LogP contribution in [-0.2, 0) is 4.84 Å². The van der Waals surface area contributed by atoms with Crippen molar-refractivity contribution in [2.45, 2.75) is 0 Å². The van der Waals surface area contributed by atoms with Crippen LogP contribution < -0.4 is 5.73 Å². The lowest BCUT2D eigenvalue weighted by Crippen LogP contribution is -2.07. The van der Waals surface area contributed by atoms with Crippen molar-refractivity contribution in [1.82, 2.24) is 4.57 Å². The van der Waals surface area contributed by atoms with Crippen molar-refractivity contribution in [1.29, 1.82) is 0 Å². The third kappa shape index (κ3) is 1.70. The minimum atomic E-state index is 0.403. The van der Waals surface area contributed by atoms with Gasteiger partial charge in [0.05, 0.1) is 11.4 Å². The van der Waals surface area contributed by atoms with Crippen LogP contribution in [0.15, 0.2) is 41.7 Å². The minimum Gasteiger partial charge on any atom is -0.394 e. The van der Waals surface area contributed by atoms with E-state index in [4.69, 9.17) is 22.2 Å². The molecule has 4 nitrogen and oxygen atoms in total. The van der Waals surface area contributed by atoms with Crippen molar-refractivity contribution in [3.8, 4) is 5.69 Å². The van der Waals surface area contributed by atoms with Crippen LogP contribution in [0, 0.1) is 0 Å². The Balaban J connectivity index is 2.10. The molecular formula is C13H12ClN3O. The molecule has 1 aliphatic rings. The SMILES string of the molecule is NCCON=C1c2cc(Cl)ccc2-n2cccc21. The Bertz CT molecular complexity index is 618. The fourth-order valence-electron chi connectivity index (χ4n) is 2.09. The number of nitrogens with zero attached hydrogens (tertiary/aromatic N) is 2. The molecule has 1 aromatic heterocycles. The summed E-state index contributed by atoms with van der Waals surface area (Å²) in [5, 5.41) is 4.85. The second-order valence-electron chi connectivity index (χ2n) is 3.99. The van der Waals surface area contributed by atoms with Crippen LogP contribution in [0.3, 0.4) is 0 Å². The lowest BCUT2D eigenvalue weighted by molar-refractivity contribution is 0.152. The highest BCUT2D eigenvalue weighted by molar-refractivity contribution is 6.31.